The molecule has 3 heteroatoms. The molecule has 0 saturated carbocycles. The van der Waals surface area contributed by atoms with Gasteiger partial charge in [0.15, 0.2) is 8.07 Å². The summed E-state index contributed by atoms with van der Waals surface area (Å²) in [6.07, 6.45) is 0. The van der Waals surface area contributed by atoms with Crippen molar-refractivity contribution in [3.05, 3.63) is 303 Å². The number of fused-ring (bicyclic) bond motifs is 6. The van der Waals surface area contributed by atoms with Gasteiger partial charge in [-0.25, -0.2) is 0 Å². The number of nitrogens with zero attached hydrogens (tertiary/aromatic N) is 2. The van der Waals surface area contributed by atoms with Gasteiger partial charge in [0.2, 0.25) is 0 Å². The summed E-state index contributed by atoms with van der Waals surface area (Å²) in [5.41, 5.74) is 16.5. The first-order valence-electron chi connectivity index (χ1n) is 25.9. The number of benzene rings is 12. The Morgan fingerprint density at radius 3 is 1.15 bits per heavy atom. The van der Waals surface area contributed by atoms with E-state index in [1.54, 1.807) is 0 Å². The van der Waals surface area contributed by atoms with Crippen LogP contribution in [0.4, 0.5) is 0 Å². The summed E-state index contributed by atoms with van der Waals surface area (Å²) in [6.45, 7) is 0. The molecule has 2 aromatic heterocycles. The molecular weight excluding hydrogens is 921 g/mol. The largest absolute Gasteiger partial charge is 0.309 e. The first-order valence-corrected chi connectivity index (χ1v) is 27.9. The van der Waals surface area contributed by atoms with Gasteiger partial charge in [0, 0.05) is 38.4 Å². The van der Waals surface area contributed by atoms with Gasteiger partial charge in [-0.2, -0.15) is 0 Å². The molecule has 0 aliphatic rings. The van der Waals surface area contributed by atoms with E-state index in [0.717, 1.165) is 33.5 Å². The predicted octanol–water partition coefficient (Wildman–Crippen LogP) is 15.9. The van der Waals surface area contributed by atoms with Crippen molar-refractivity contribution >= 4 is 72.4 Å². The fourth-order valence-electron chi connectivity index (χ4n) is 12.1. The van der Waals surface area contributed by atoms with Gasteiger partial charge in [-0.05, 0) is 96.6 Å². The molecule has 0 fully saturated rings. The summed E-state index contributed by atoms with van der Waals surface area (Å²) in [5, 5.41) is 10.3. The number of rotatable bonds is 10. The molecule has 0 saturated heterocycles. The minimum absolute atomic E-state index is 1.14. The summed E-state index contributed by atoms with van der Waals surface area (Å²) in [7, 11) is -3.12. The van der Waals surface area contributed by atoms with E-state index in [9.17, 15) is 0 Å². The molecule has 0 atom stereocenters. The predicted molar refractivity (Wildman–Crippen MR) is 320 cm³/mol. The van der Waals surface area contributed by atoms with E-state index < -0.39 is 8.07 Å². The Hall–Kier alpha value is -9.54. The fourth-order valence-corrected chi connectivity index (χ4v) is 16.9. The second kappa shape index (κ2) is 18.5. The smallest absolute Gasteiger partial charge is 0.179 e. The molecule has 75 heavy (non-hydrogen) atoms. The maximum Gasteiger partial charge on any atom is 0.179 e. The van der Waals surface area contributed by atoms with Crippen LogP contribution in [0.1, 0.15) is 0 Å². The van der Waals surface area contributed by atoms with Crippen LogP contribution in [-0.4, -0.2) is 17.2 Å². The second-order valence-corrected chi connectivity index (χ2v) is 23.4. The SMILES string of the molecule is c1ccc(-c2cccc([Si](c3ccccc3)(c3ccccc3)c3cc(-c4ccccc4)c(-n4c5ccccc5c5cc(-c6cccc(-n7c8ccccc8c8ccccc87)c6)ccc54)c(-c4ccccc4)c3)c2)cc1. The summed E-state index contributed by atoms with van der Waals surface area (Å²) in [4.78, 5) is 0. The van der Waals surface area contributed by atoms with E-state index >= 15 is 0 Å². The Kier molecular flexibility index (Phi) is 10.9. The third kappa shape index (κ3) is 7.39. The van der Waals surface area contributed by atoms with E-state index in [1.165, 1.54) is 86.7 Å². The van der Waals surface area contributed by atoms with E-state index in [4.69, 9.17) is 0 Å². The van der Waals surface area contributed by atoms with Gasteiger partial charge in [-0.15, -0.1) is 0 Å². The molecule has 0 aliphatic carbocycles. The van der Waals surface area contributed by atoms with E-state index in [-0.39, 0.29) is 0 Å². The van der Waals surface area contributed by atoms with Crippen molar-refractivity contribution in [3.63, 3.8) is 0 Å². The number of para-hydroxylation sites is 3. The molecule has 12 aromatic carbocycles. The van der Waals surface area contributed by atoms with Gasteiger partial charge < -0.3 is 9.13 Å². The van der Waals surface area contributed by atoms with Gasteiger partial charge in [0.25, 0.3) is 0 Å². The van der Waals surface area contributed by atoms with E-state index in [1.807, 2.05) is 0 Å². The molecule has 0 N–H and O–H groups in total. The van der Waals surface area contributed by atoms with Gasteiger partial charge >= 0.3 is 0 Å². The molecule has 0 amide bonds. The normalized spacial score (nSPS) is 11.7. The van der Waals surface area contributed by atoms with Gasteiger partial charge in [0.1, 0.15) is 0 Å². The van der Waals surface area contributed by atoms with Crippen LogP contribution < -0.4 is 20.7 Å². The highest BCUT2D eigenvalue weighted by atomic mass is 28.3. The van der Waals surface area contributed by atoms with Crippen molar-refractivity contribution in [2.24, 2.45) is 0 Å². The monoisotopic (exact) mass is 970 g/mol. The molecule has 0 aliphatic heterocycles. The van der Waals surface area contributed by atoms with Crippen LogP contribution in [0.5, 0.6) is 0 Å². The lowest BCUT2D eigenvalue weighted by Crippen LogP contribution is -2.74. The standard InChI is InChI=1S/C72H50N2Si/c1-6-24-51(25-7-1)55-31-23-37-60(47-55)75(58-33-12-4-13-34-58,59-35-14-5-15-36-59)61-49-65(52-26-8-2-9-27-52)72(66(50-61)53-28-10-3-11-29-53)74-70-43-21-18-40-64(70)67-48-56(44-45-71(67)74)54-30-22-32-57(46-54)73-68-41-19-16-38-62(68)63-39-17-20-42-69(63)73/h1-50H. The maximum absolute atomic E-state index is 3.12. The Morgan fingerprint density at radius 2 is 0.600 bits per heavy atom. The van der Waals surface area contributed by atoms with Crippen molar-refractivity contribution in [2.45, 2.75) is 0 Å². The number of hydrogen-bond donors (Lipinski definition) is 0. The Morgan fingerprint density at radius 1 is 0.213 bits per heavy atom. The average Bonchev–Trinajstić information content (AvgIpc) is 4.06. The zero-order valence-corrected chi connectivity index (χ0v) is 42.3. The molecule has 352 valence electrons. The topological polar surface area (TPSA) is 9.86 Å². The fraction of sp³-hybridized carbons (Fsp3) is 0. The second-order valence-electron chi connectivity index (χ2n) is 19.6. The van der Waals surface area contributed by atoms with Crippen LogP contribution in [0.25, 0.3) is 99.5 Å². The Labute approximate surface area is 438 Å². The maximum atomic E-state index is 2.56. The van der Waals surface area contributed by atoms with E-state index in [2.05, 4.69) is 312 Å². The van der Waals surface area contributed by atoms with Crippen LogP contribution in [0.2, 0.25) is 0 Å². The van der Waals surface area contributed by atoms with E-state index in [0.29, 0.717) is 0 Å². The van der Waals surface area contributed by atoms with Gasteiger partial charge in [0.05, 0.1) is 27.8 Å². The minimum atomic E-state index is -3.12. The number of aromatic nitrogens is 2. The average molecular weight is 971 g/mol. The minimum Gasteiger partial charge on any atom is -0.309 e. The zero-order valence-electron chi connectivity index (χ0n) is 41.3. The molecule has 2 nitrogen and oxygen atoms in total. The van der Waals surface area contributed by atoms with Gasteiger partial charge in [-0.1, -0.05) is 261 Å². The van der Waals surface area contributed by atoms with Crippen LogP contribution in [0.15, 0.2) is 303 Å². The summed E-state index contributed by atoms with van der Waals surface area (Å²) in [5.74, 6) is 0. The Balaban J connectivity index is 1.05. The molecule has 0 unspecified atom stereocenters. The molecule has 0 spiro atoms. The first kappa shape index (κ1) is 44.2. The summed E-state index contributed by atoms with van der Waals surface area (Å²) in [6, 6.07) is 113. The molecular formula is C72H50N2Si. The van der Waals surface area contributed by atoms with Crippen LogP contribution in [0.3, 0.4) is 0 Å². The highest BCUT2D eigenvalue weighted by molar-refractivity contribution is 7.20. The Bertz CT molecular complexity index is 4230. The lowest BCUT2D eigenvalue weighted by Gasteiger charge is -2.36. The van der Waals surface area contributed by atoms with Crippen molar-refractivity contribution < 1.29 is 0 Å². The van der Waals surface area contributed by atoms with Gasteiger partial charge in [-0.3, -0.25) is 0 Å². The number of hydrogen-bond acceptors (Lipinski definition) is 0. The zero-order chi connectivity index (χ0) is 49.7. The van der Waals surface area contributed by atoms with Crippen LogP contribution in [0, 0.1) is 0 Å². The third-order valence-electron chi connectivity index (χ3n) is 15.4. The lowest BCUT2D eigenvalue weighted by atomic mass is 9.95. The van der Waals surface area contributed by atoms with Crippen LogP contribution in [-0.2, 0) is 0 Å². The third-order valence-corrected chi connectivity index (χ3v) is 20.2. The summed E-state index contributed by atoms with van der Waals surface area (Å²) < 4.78 is 4.97. The van der Waals surface area contributed by atoms with Crippen molar-refractivity contribution in [1.82, 2.24) is 9.13 Å². The van der Waals surface area contributed by atoms with Crippen LogP contribution >= 0.6 is 0 Å². The quantitative estimate of drug-likeness (QED) is 0.0955. The molecule has 2 heterocycles. The molecule has 0 radical (unpaired) electrons. The van der Waals surface area contributed by atoms with Crippen molar-refractivity contribution in [2.75, 3.05) is 0 Å². The first-order chi connectivity index (χ1) is 37.2. The molecule has 14 aromatic rings. The summed E-state index contributed by atoms with van der Waals surface area (Å²) >= 11 is 0. The van der Waals surface area contributed by atoms with Crippen molar-refractivity contribution in [1.29, 1.82) is 0 Å². The highest BCUT2D eigenvalue weighted by Crippen LogP contribution is 2.43. The molecule has 14 rings (SSSR count). The van der Waals surface area contributed by atoms with Crippen molar-refractivity contribution in [3.8, 4) is 55.9 Å². The highest BCUT2D eigenvalue weighted by Gasteiger charge is 2.43. The lowest BCUT2D eigenvalue weighted by molar-refractivity contribution is 1.18. The molecule has 0 bridgehead atoms.